The van der Waals surface area contributed by atoms with E-state index in [4.69, 9.17) is 9.47 Å². The van der Waals surface area contributed by atoms with Crippen LogP contribution < -0.4 is 9.47 Å². The molecule has 0 aromatic heterocycles. The molecule has 2 rings (SSSR count). The Morgan fingerprint density at radius 2 is 1.55 bits per heavy atom. The van der Waals surface area contributed by atoms with Crippen LogP contribution in [0.2, 0.25) is 0 Å². The molecule has 0 aliphatic heterocycles. The molecule has 0 fully saturated rings. The molecule has 0 aliphatic carbocycles. The second-order valence-electron chi connectivity index (χ2n) is 4.77. The summed E-state index contributed by atoms with van der Waals surface area (Å²) in [6.45, 7) is 3.96. The van der Waals surface area contributed by atoms with Crippen molar-refractivity contribution in [2.45, 2.75) is 13.8 Å². The van der Waals surface area contributed by atoms with Crippen LogP contribution in [0.25, 0.3) is 0 Å². The number of methoxy groups -OCH3 is 2. The van der Waals surface area contributed by atoms with Crippen molar-refractivity contribution < 1.29 is 14.3 Å². The summed E-state index contributed by atoms with van der Waals surface area (Å²) in [7, 11) is 3.13. The van der Waals surface area contributed by atoms with Crippen molar-refractivity contribution in [3.63, 3.8) is 0 Å². The highest BCUT2D eigenvalue weighted by molar-refractivity contribution is 6.11. The molecule has 0 amide bonds. The van der Waals surface area contributed by atoms with Crippen LogP contribution in [0.3, 0.4) is 0 Å². The first-order valence-corrected chi connectivity index (χ1v) is 6.40. The van der Waals surface area contributed by atoms with E-state index in [-0.39, 0.29) is 5.78 Å². The lowest BCUT2D eigenvalue weighted by Crippen LogP contribution is -2.05. The lowest BCUT2D eigenvalue weighted by Gasteiger charge is -2.10. The molecular weight excluding hydrogens is 252 g/mol. The number of rotatable bonds is 4. The van der Waals surface area contributed by atoms with Crippen LogP contribution in [0.4, 0.5) is 0 Å². The summed E-state index contributed by atoms with van der Waals surface area (Å²) >= 11 is 0. The maximum Gasteiger partial charge on any atom is 0.196 e. The van der Waals surface area contributed by atoms with E-state index >= 15 is 0 Å². The van der Waals surface area contributed by atoms with Crippen molar-refractivity contribution >= 4 is 5.78 Å². The Balaban J connectivity index is 2.47. The molecule has 3 nitrogen and oxygen atoms in total. The Kier molecular flexibility index (Phi) is 4.08. The molecule has 0 spiro atoms. The Morgan fingerprint density at radius 3 is 2.10 bits per heavy atom. The molecule has 104 valence electrons. The van der Waals surface area contributed by atoms with Gasteiger partial charge in [-0.1, -0.05) is 17.2 Å². The molecule has 0 radical (unpaired) electrons. The predicted octanol–water partition coefficient (Wildman–Crippen LogP) is 3.55. The van der Waals surface area contributed by atoms with E-state index in [1.807, 2.05) is 32.0 Å². The monoisotopic (exact) mass is 270 g/mol. The van der Waals surface area contributed by atoms with Crippen molar-refractivity contribution in [3.05, 3.63) is 58.7 Å². The smallest absolute Gasteiger partial charge is 0.196 e. The van der Waals surface area contributed by atoms with Gasteiger partial charge in [0.2, 0.25) is 0 Å². The normalized spacial score (nSPS) is 10.2. The number of hydrogen-bond donors (Lipinski definition) is 0. The average molecular weight is 270 g/mol. The molecule has 0 bridgehead atoms. The summed E-state index contributed by atoms with van der Waals surface area (Å²) in [4.78, 5) is 12.6. The van der Waals surface area contributed by atoms with Crippen molar-refractivity contribution in [2.75, 3.05) is 14.2 Å². The minimum Gasteiger partial charge on any atom is -0.497 e. The van der Waals surface area contributed by atoms with Crippen LogP contribution in [-0.4, -0.2) is 20.0 Å². The molecule has 0 atom stereocenters. The molecule has 0 heterocycles. The van der Waals surface area contributed by atoms with Crippen molar-refractivity contribution in [1.82, 2.24) is 0 Å². The molecule has 20 heavy (non-hydrogen) atoms. The molecule has 3 heteroatoms. The maximum atomic E-state index is 12.6. The quantitative estimate of drug-likeness (QED) is 0.797. The van der Waals surface area contributed by atoms with E-state index in [0.717, 1.165) is 11.1 Å². The fourth-order valence-electron chi connectivity index (χ4n) is 2.25. The topological polar surface area (TPSA) is 35.5 Å². The SMILES string of the molecule is COc1ccc(C(=O)c2cc(C)cc(C)c2)c(OC)c1. The van der Waals surface area contributed by atoms with E-state index in [2.05, 4.69) is 0 Å². The second kappa shape index (κ2) is 5.78. The molecule has 0 saturated heterocycles. The highest BCUT2D eigenvalue weighted by Crippen LogP contribution is 2.27. The third kappa shape index (κ3) is 2.82. The summed E-state index contributed by atoms with van der Waals surface area (Å²) in [5.41, 5.74) is 3.35. The average Bonchev–Trinajstić information content (AvgIpc) is 2.44. The van der Waals surface area contributed by atoms with Gasteiger partial charge in [0.1, 0.15) is 11.5 Å². The van der Waals surface area contributed by atoms with Gasteiger partial charge in [0, 0.05) is 11.6 Å². The van der Waals surface area contributed by atoms with Gasteiger partial charge in [-0.25, -0.2) is 0 Å². The number of carbonyl (C=O) groups excluding carboxylic acids is 1. The third-order valence-electron chi connectivity index (χ3n) is 3.14. The third-order valence-corrected chi connectivity index (χ3v) is 3.14. The van der Waals surface area contributed by atoms with Gasteiger partial charge in [0.15, 0.2) is 5.78 Å². The number of benzene rings is 2. The molecular formula is C17H18O3. The van der Waals surface area contributed by atoms with Crippen LogP contribution in [0.15, 0.2) is 36.4 Å². The van der Waals surface area contributed by atoms with Crippen LogP contribution >= 0.6 is 0 Å². The van der Waals surface area contributed by atoms with Crippen LogP contribution in [0.1, 0.15) is 27.0 Å². The van der Waals surface area contributed by atoms with Crippen LogP contribution in [0.5, 0.6) is 11.5 Å². The number of ether oxygens (including phenoxy) is 2. The Hall–Kier alpha value is -2.29. The van der Waals surface area contributed by atoms with Gasteiger partial charge < -0.3 is 9.47 Å². The van der Waals surface area contributed by atoms with E-state index in [1.54, 1.807) is 32.4 Å². The maximum absolute atomic E-state index is 12.6. The summed E-state index contributed by atoms with van der Waals surface area (Å²) in [6.07, 6.45) is 0. The minimum absolute atomic E-state index is 0.0451. The van der Waals surface area contributed by atoms with E-state index < -0.39 is 0 Å². The summed E-state index contributed by atoms with van der Waals surface area (Å²) in [5, 5.41) is 0. The lowest BCUT2D eigenvalue weighted by molar-refractivity contribution is 0.103. The Labute approximate surface area is 119 Å². The van der Waals surface area contributed by atoms with Gasteiger partial charge in [-0.15, -0.1) is 0 Å². The zero-order valence-corrected chi connectivity index (χ0v) is 12.2. The highest BCUT2D eigenvalue weighted by atomic mass is 16.5. The van der Waals surface area contributed by atoms with E-state index in [0.29, 0.717) is 22.6 Å². The van der Waals surface area contributed by atoms with Gasteiger partial charge in [-0.05, 0) is 38.1 Å². The number of ketones is 1. The standard InChI is InChI=1S/C17H18O3/c1-11-7-12(2)9-13(8-11)17(18)15-6-5-14(19-3)10-16(15)20-4/h5-10H,1-4H3. The van der Waals surface area contributed by atoms with Gasteiger partial charge in [-0.2, -0.15) is 0 Å². The fraction of sp³-hybridized carbons (Fsp3) is 0.235. The van der Waals surface area contributed by atoms with E-state index in [9.17, 15) is 4.79 Å². The number of carbonyl (C=O) groups is 1. The molecule has 0 saturated carbocycles. The largest absolute Gasteiger partial charge is 0.497 e. The predicted molar refractivity (Wildman–Crippen MR) is 78.9 cm³/mol. The van der Waals surface area contributed by atoms with Gasteiger partial charge in [0.05, 0.1) is 19.8 Å². The van der Waals surface area contributed by atoms with Crippen LogP contribution in [0, 0.1) is 13.8 Å². The van der Waals surface area contributed by atoms with Crippen molar-refractivity contribution in [3.8, 4) is 11.5 Å². The number of hydrogen-bond acceptors (Lipinski definition) is 3. The number of aryl methyl sites for hydroxylation is 2. The zero-order chi connectivity index (χ0) is 14.7. The first-order chi connectivity index (χ1) is 9.55. The summed E-state index contributed by atoms with van der Waals surface area (Å²) < 4.78 is 10.4. The second-order valence-corrected chi connectivity index (χ2v) is 4.77. The fourth-order valence-corrected chi connectivity index (χ4v) is 2.25. The Morgan fingerprint density at radius 1 is 0.900 bits per heavy atom. The van der Waals surface area contributed by atoms with E-state index in [1.165, 1.54) is 0 Å². The zero-order valence-electron chi connectivity index (χ0n) is 12.2. The lowest BCUT2D eigenvalue weighted by atomic mass is 9.99. The van der Waals surface area contributed by atoms with Crippen molar-refractivity contribution in [1.29, 1.82) is 0 Å². The molecule has 0 N–H and O–H groups in total. The summed E-state index contributed by atoms with van der Waals surface area (Å²) in [6, 6.07) is 11.0. The molecule has 2 aromatic rings. The first-order valence-electron chi connectivity index (χ1n) is 6.40. The molecule has 2 aromatic carbocycles. The van der Waals surface area contributed by atoms with Gasteiger partial charge in [-0.3, -0.25) is 4.79 Å². The minimum atomic E-state index is -0.0451. The summed E-state index contributed by atoms with van der Waals surface area (Å²) in [5.74, 6) is 1.14. The molecule has 0 unspecified atom stereocenters. The van der Waals surface area contributed by atoms with Gasteiger partial charge in [0.25, 0.3) is 0 Å². The molecule has 0 aliphatic rings. The van der Waals surface area contributed by atoms with Crippen molar-refractivity contribution in [2.24, 2.45) is 0 Å². The first kappa shape index (κ1) is 14.1. The van der Waals surface area contributed by atoms with Gasteiger partial charge >= 0.3 is 0 Å². The highest BCUT2D eigenvalue weighted by Gasteiger charge is 2.15. The van der Waals surface area contributed by atoms with Crippen LogP contribution in [-0.2, 0) is 0 Å². The Bertz CT molecular complexity index is 624.